The Bertz CT molecular complexity index is 171. The Morgan fingerprint density at radius 3 is 1.58 bits per heavy atom. The maximum atomic E-state index is 12.3. The fourth-order valence-electron chi connectivity index (χ4n) is 0.664. The van der Waals surface area contributed by atoms with Crippen LogP contribution >= 0.6 is 0 Å². The van der Waals surface area contributed by atoms with E-state index >= 15 is 0 Å². The summed E-state index contributed by atoms with van der Waals surface area (Å²) in [7, 11) is -7.40. The standard InChI is InChI=1S/C6H10F4Si2/c1-6(2,3)5(12(9)10)4-11(7)8/h4H,1-3H3/b5-4-. The minimum absolute atomic E-state index is 0.355. The van der Waals surface area contributed by atoms with Gasteiger partial charge >= 0.3 is 18.9 Å². The van der Waals surface area contributed by atoms with Crippen LogP contribution < -0.4 is 0 Å². The van der Waals surface area contributed by atoms with Crippen molar-refractivity contribution in [3.05, 3.63) is 10.9 Å². The van der Waals surface area contributed by atoms with Crippen LogP contribution in [0.5, 0.6) is 0 Å². The molecule has 0 N–H and O–H groups in total. The second-order valence-corrected chi connectivity index (χ2v) is 5.29. The summed E-state index contributed by atoms with van der Waals surface area (Å²) in [6, 6.07) is 0. The van der Waals surface area contributed by atoms with E-state index in [1.807, 2.05) is 0 Å². The van der Waals surface area contributed by atoms with Crippen LogP contribution in [0, 0.1) is 5.41 Å². The normalized spacial score (nSPS) is 14.6. The highest BCUT2D eigenvalue weighted by atomic mass is 28.4. The first-order valence-electron chi connectivity index (χ1n) is 3.33. The maximum absolute atomic E-state index is 12.3. The Hall–Kier alpha value is -0.106. The average Bonchev–Trinajstić information content (AvgIpc) is 1.79. The molecule has 0 aromatic heterocycles. The summed E-state index contributed by atoms with van der Waals surface area (Å²) in [5, 5.41) is -0.355. The Morgan fingerprint density at radius 1 is 1.08 bits per heavy atom. The van der Waals surface area contributed by atoms with Gasteiger partial charge in [0.2, 0.25) is 0 Å². The highest BCUT2D eigenvalue weighted by molar-refractivity contribution is 6.58. The van der Waals surface area contributed by atoms with E-state index in [0.29, 0.717) is 5.70 Å². The zero-order valence-corrected chi connectivity index (χ0v) is 9.09. The molecule has 12 heavy (non-hydrogen) atoms. The lowest BCUT2D eigenvalue weighted by Gasteiger charge is -2.20. The van der Waals surface area contributed by atoms with Crippen molar-refractivity contribution in [2.75, 3.05) is 0 Å². The average molecular weight is 214 g/mol. The third-order valence-corrected chi connectivity index (χ3v) is 3.36. The van der Waals surface area contributed by atoms with Crippen molar-refractivity contribution in [1.82, 2.24) is 0 Å². The molecule has 0 aliphatic rings. The van der Waals surface area contributed by atoms with Gasteiger partial charge in [-0.1, -0.05) is 20.8 Å². The highest BCUT2D eigenvalue weighted by Gasteiger charge is 2.31. The van der Waals surface area contributed by atoms with Gasteiger partial charge in [-0.05, 0) is 16.3 Å². The molecule has 2 radical (unpaired) electrons. The lowest BCUT2D eigenvalue weighted by molar-refractivity contribution is 0.502. The lowest BCUT2D eigenvalue weighted by atomic mass is 9.97. The molecule has 0 saturated heterocycles. The van der Waals surface area contributed by atoms with Gasteiger partial charge in [0, 0.05) is 0 Å². The molecule has 0 aliphatic carbocycles. The summed E-state index contributed by atoms with van der Waals surface area (Å²) >= 11 is 0. The van der Waals surface area contributed by atoms with Crippen molar-refractivity contribution in [2.24, 2.45) is 5.41 Å². The van der Waals surface area contributed by atoms with Gasteiger partial charge in [-0.25, -0.2) is 0 Å². The second kappa shape index (κ2) is 4.22. The molecule has 0 aromatic carbocycles. The summed E-state index contributed by atoms with van der Waals surface area (Å²) < 4.78 is 48.3. The largest absolute Gasteiger partial charge is 0.506 e. The second-order valence-electron chi connectivity index (χ2n) is 3.36. The zero-order chi connectivity index (χ0) is 9.94. The third-order valence-electron chi connectivity index (χ3n) is 1.27. The fourth-order valence-corrected chi connectivity index (χ4v) is 2.65. The van der Waals surface area contributed by atoms with Gasteiger partial charge in [-0.15, -0.1) is 0 Å². The van der Waals surface area contributed by atoms with Crippen LogP contribution in [0.25, 0.3) is 0 Å². The predicted octanol–water partition coefficient (Wildman–Crippen LogP) is 2.89. The molecule has 0 unspecified atom stereocenters. The molecule has 0 rings (SSSR count). The van der Waals surface area contributed by atoms with Crippen LogP contribution in [0.2, 0.25) is 0 Å². The molecule has 0 fully saturated rings. The van der Waals surface area contributed by atoms with Crippen LogP contribution in [0.15, 0.2) is 10.9 Å². The van der Waals surface area contributed by atoms with E-state index in [1.54, 1.807) is 0 Å². The van der Waals surface area contributed by atoms with E-state index in [-0.39, 0.29) is 5.20 Å². The van der Waals surface area contributed by atoms with Crippen LogP contribution in [0.1, 0.15) is 20.8 Å². The van der Waals surface area contributed by atoms with Gasteiger partial charge in [0.25, 0.3) is 0 Å². The van der Waals surface area contributed by atoms with E-state index in [9.17, 15) is 16.4 Å². The van der Waals surface area contributed by atoms with Crippen LogP contribution in [-0.2, 0) is 0 Å². The SMILES string of the molecule is CC(C)(C)/C(=C/[Si](F)F)[Si](F)F. The van der Waals surface area contributed by atoms with Gasteiger partial charge in [0.05, 0.1) is 0 Å². The molecule has 0 saturated carbocycles. The van der Waals surface area contributed by atoms with Crippen molar-refractivity contribution < 1.29 is 16.4 Å². The summed E-state index contributed by atoms with van der Waals surface area (Å²) in [5.74, 6) is 0. The molecule has 0 aliphatic heterocycles. The number of hydrogen-bond donors (Lipinski definition) is 0. The number of hydrogen-bond acceptors (Lipinski definition) is 0. The zero-order valence-electron chi connectivity index (χ0n) is 7.09. The van der Waals surface area contributed by atoms with Gasteiger partial charge in [0.1, 0.15) is 0 Å². The van der Waals surface area contributed by atoms with E-state index < -0.39 is 24.3 Å². The quantitative estimate of drug-likeness (QED) is 0.377. The molecule has 0 nitrogen and oxygen atoms in total. The van der Waals surface area contributed by atoms with Crippen molar-refractivity contribution >= 4 is 18.9 Å². The summed E-state index contributed by atoms with van der Waals surface area (Å²) in [5.41, 5.74) is -0.356. The Kier molecular flexibility index (Phi) is 4.18. The van der Waals surface area contributed by atoms with Crippen LogP contribution in [-0.4, -0.2) is 18.9 Å². The lowest BCUT2D eigenvalue weighted by Crippen LogP contribution is -2.21. The van der Waals surface area contributed by atoms with Crippen LogP contribution in [0.4, 0.5) is 16.4 Å². The molecule has 0 spiro atoms. The molecule has 0 amide bonds. The Labute approximate surface area is 73.2 Å². The number of halogens is 4. The first-order chi connectivity index (χ1) is 5.25. The van der Waals surface area contributed by atoms with Crippen molar-refractivity contribution in [2.45, 2.75) is 20.8 Å². The predicted molar refractivity (Wildman–Crippen MR) is 43.5 cm³/mol. The molecular formula is C6H10F4Si2. The van der Waals surface area contributed by atoms with E-state index in [2.05, 4.69) is 0 Å². The number of rotatable bonds is 2. The molecule has 0 bridgehead atoms. The fraction of sp³-hybridized carbons (Fsp3) is 0.667. The topological polar surface area (TPSA) is 0 Å². The van der Waals surface area contributed by atoms with Crippen molar-refractivity contribution in [1.29, 1.82) is 0 Å². The molecule has 0 heterocycles. The van der Waals surface area contributed by atoms with Gasteiger partial charge in [-0.2, -0.15) is 0 Å². The number of allylic oxidation sites excluding steroid dienone is 1. The summed E-state index contributed by atoms with van der Waals surface area (Å²) in [6.45, 7) is 4.56. The Balaban J connectivity index is 4.68. The van der Waals surface area contributed by atoms with E-state index in [1.165, 1.54) is 20.8 Å². The van der Waals surface area contributed by atoms with Crippen molar-refractivity contribution in [3.8, 4) is 0 Å². The minimum Gasteiger partial charge on any atom is -0.262 e. The molecule has 0 atom stereocenters. The molecule has 6 heteroatoms. The highest BCUT2D eigenvalue weighted by Crippen LogP contribution is 2.28. The van der Waals surface area contributed by atoms with Gasteiger partial charge < -0.3 is 0 Å². The van der Waals surface area contributed by atoms with Crippen LogP contribution in [0.3, 0.4) is 0 Å². The molecular weight excluding hydrogens is 204 g/mol. The Morgan fingerprint density at radius 2 is 1.50 bits per heavy atom. The third kappa shape index (κ3) is 4.05. The van der Waals surface area contributed by atoms with E-state index in [0.717, 1.165) is 0 Å². The minimum atomic E-state index is -3.72. The van der Waals surface area contributed by atoms with E-state index in [4.69, 9.17) is 0 Å². The first kappa shape index (κ1) is 11.9. The first-order valence-corrected chi connectivity index (χ1v) is 5.92. The molecule has 0 aromatic rings. The summed E-state index contributed by atoms with van der Waals surface area (Å²) in [6.07, 6.45) is 0. The monoisotopic (exact) mass is 214 g/mol. The maximum Gasteiger partial charge on any atom is 0.506 e. The van der Waals surface area contributed by atoms with Crippen molar-refractivity contribution in [3.63, 3.8) is 0 Å². The van der Waals surface area contributed by atoms with Gasteiger partial charge in [0.15, 0.2) is 0 Å². The molecule has 70 valence electrons. The summed E-state index contributed by atoms with van der Waals surface area (Å²) in [4.78, 5) is 0. The van der Waals surface area contributed by atoms with Gasteiger partial charge in [-0.3, -0.25) is 16.4 Å². The smallest absolute Gasteiger partial charge is 0.262 e.